The van der Waals surface area contributed by atoms with Crippen LogP contribution >= 0.6 is 0 Å². The molecule has 0 saturated heterocycles. The minimum absolute atomic E-state index is 0.132. The minimum Gasteiger partial charge on any atom is -0.358 e. The highest BCUT2D eigenvalue weighted by Gasteiger charge is 2.25. The van der Waals surface area contributed by atoms with Crippen LogP contribution in [0.25, 0.3) is 10.9 Å². The zero-order chi connectivity index (χ0) is 20.0. The van der Waals surface area contributed by atoms with Crippen LogP contribution in [0.4, 0.5) is 5.69 Å². The summed E-state index contributed by atoms with van der Waals surface area (Å²) >= 11 is 0. The second-order valence-electron chi connectivity index (χ2n) is 8.44. The summed E-state index contributed by atoms with van der Waals surface area (Å²) in [7, 11) is 0. The summed E-state index contributed by atoms with van der Waals surface area (Å²) in [5, 5.41) is 7.06. The summed E-state index contributed by atoms with van der Waals surface area (Å²) in [6, 6.07) is 13.3. The summed E-state index contributed by atoms with van der Waals surface area (Å²) in [5.74, 6) is 0.334. The number of nitrogens with one attached hydrogen (secondary N) is 3. The van der Waals surface area contributed by atoms with Crippen LogP contribution in [0.2, 0.25) is 0 Å². The maximum absolute atomic E-state index is 13.0. The minimum atomic E-state index is -0.197. The lowest BCUT2D eigenvalue weighted by molar-refractivity contribution is 0.0952. The fraction of sp³-hybridized carbons (Fsp3) is 0.333. The van der Waals surface area contributed by atoms with Gasteiger partial charge < -0.3 is 15.6 Å². The van der Waals surface area contributed by atoms with E-state index < -0.39 is 0 Å². The highest BCUT2D eigenvalue weighted by molar-refractivity contribution is 6.10. The van der Waals surface area contributed by atoms with Crippen LogP contribution in [-0.2, 0) is 12.8 Å². The Bertz CT molecular complexity index is 1110. The molecule has 2 aliphatic rings. The summed E-state index contributed by atoms with van der Waals surface area (Å²) in [6.45, 7) is 2.28. The third-order valence-corrected chi connectivity index (χ3v) is 6.03. The summed E-state index contributed by atoms with van der Waals surface area (Å²) < 4.78 is 0. The number of H-pyrrole nitrogens is 1. The summed E-state index contributed by atoms with van der Waals surface area (Å²) in [6.07, 6.45) is 5.37. The number of anilines is 1. The SMILES string of the molecule is CC1CCc2[nH]c3ccc(C(=O)Nc4ccccc4C(=O)NC4CC4)cc3c2C1. The highest BCUT2D eigenvalue weighted by atomic mass is 16.2. The standard InChI is InChI=1S/C24H25N3O2/c1-14-6-10-21-18(12-14)19-13-15(7-11-22(19)26-21)23(28)27-20-5-3-2-4-17(20)24(29)25-16-8-9-16/h2-5,7,11,13-14,16,26H,6,8-10,12H2,1H3,(H,25,29)(H,27,28). The third kappa shape index (κ3) is 3.53. The van der Waals surface area contributed by atoms with Gasteiger partial charge in [0.15, 0.2) is 0 Å². The van der Waals surface area contributed by atoms with Gasteiger partial charge >= 0.3 is 0 Å². The van der Waals surface area contributed by atoms with Gasteiger partial charge in [0, 0.05) is 28.2 Å². The topological polar surface area (TPSA) is 74.0 Å². The van der Waals surface area contributed by atoms with Crippen molar-refractivity contribution in [1.82, 2.24) is 10.3 Å². The molecule has 2 amide bonds. The summed E-state index contributed by atoms with van der Waals surface area (Å²) in [4.78, 5) is 29.0. The summed E-state index contributed by atoms with van der Waals surface area (Å²) in [5.41, 5.74) is 5.39. The molecule has 5 rings (SSSR count). The Morgan fingerprint density at radius 1 is 1.03 bits per heavy atom. The van der Waals surface area contributed by atoms with Gasteiger partial charge in [-0.25, -0.2) is 0 Å². The molecule has 1 heterocycles. The second kappa shape index (κ2) is 7.07. The molecular weight excluding hydrogens is 362 g/mol. The van der Waals surface area contributed by atoms with Gasteiger partial charge in [-0.1, -0.05) is 19.1 Å². The van der Waals surface area contributed by atoms with Gasteiger partial charge in [0.05, 0.1) is 11.3 Å². The maximum Gasteiger partial charge on any atom is 0.255 e. The number of aromatic nitrogens is 1. The Morgan fingerprint density at radius 3 is 2.69 bits per heavy atom. The molecule has 5 heteroatoms. The Balaban J connectivity index is 1.42. The van der Waals surface area contributed by atoms with Crippen LogP contribution in [0.1, 0.15) is 58.2 Å². The third-order valence-electron chi connectivity index (χ3n) is 6.03. The van der Waals surface area contributed by atoms with Gasteiger partial charge in [-0.15, -0.1) is 0 Å². The van der Waals surface area contributed by atoms with Crippen LogP contribution < -0.4 is 10.6 Å². The number of aromatic amines is 1. The van der Waals surface area contributed by atoms with Crippen molar-refractivity contribution in [3.8, 4) is 0 Å². The Labute approximate surface area is 169 Å². The monoisotopic (exact) mass is 387 g/mol. The molecule has 1 fully saturated rings. The van der Waals surface area contributed by atoms with Crippen molar-refractivity contribution in [2.75, 3.05) is 5.32 Å². The largest absolute Gasteiger partial charge is 0.358 e. The van der Waals surface area contributed by atoms with Crippen molar-refractivity contribution in [2.24, 2.45) is 5.92 Å². The van der Waals surface area contributed by atoms with Crippen molar-refractivity contribution >= 4 is 28.4 Å². The molecule has 0 spiro atoms. The molecule has 1 unspecified atom stereocenters. The predicted octanol–water partition coefficient (Wildman–Crippen LogP) is 4.44. The van der Waals surface area contributed by atoms with Gasteiger partial charge in [-0.2, -0.15) is 0 Å². The number of amides is 2. The Morgan fingerprint density at radius 2 is 1.86 bits per heavy atom. The van der Waals surface area contributed by atoms with Crippen molar-refractivity contribution in [3.63, 3.8) is 0 Å². The first kappa shape index (κ1) is 18.0. The van der Waals surface area contributed by atoms with E-state index in [0.29, 0.717) is 22.7 Å². The second-order valence-corrected chi connectivity index (χ2v) is 8.44. The number of fused-ring (bicyclic) bond motifs is 3. The molecule has 0 aliphatic heterocycles. The smallest absolute Gasteiger partial charge is 0.255 e. The molecule has 1 atom stereocenters. The van der Waals surface area contributed by atoms with E-state index in [2.05, 4.69) is 22.5 Å². The van der Waals surface area contributed by atoms with Gasteiger partial charge in [-0.3, -0.25) is 9.59 Å². The molecule has 3 aromatic rings. The van der Waals surface area contributed by atoms with E-state index >= 15 is 0 Å². The first-order valence-corrected chi connectivity index (χ1v) is 10.4. The number of hydrogen-bond acceptors (Lipinski definition) is 2. The van der Waals surface area contributed by atoms with Crippen molar-refractivity contribution in [2.45, 2.75) is 45.1 Å². The average molecular weight is 387 g/mol. The van der Waals surface area contributed by atoms with Gasteiger partial charge in [0.1, 0.15) is 0 Å². The normalized spacial score (nSPS) is 18.3. The number of hydrogen-bond donors (Lipinski definition) is 3. The molecule has 2 aliphatic carbocycles. The maximum atomic E-state index is 13.0. The van der Waals surface area contributed by atoms with Gasteiger partial charge in [-0.05, 0) is 73.9 Å². The van der Waals surface area contributed by atoms with Gasteiger partial charge in [0.2, 0.25) is 0 Å². The zero-order valence-electron chi connectivity index (χ0n) is 16.5. The molecule has 148 valence electrons. The van der Waals surface area contributed by atoms with Crippen molar-refractivity contribution in [1.29, 1.82) is 0 Å². The Hall–Kier alpha value is -3.08. The fourth-order valence-corrected chi connectivity index (χ4v) is 4.21. The van der Waals surface area contributed by atoms with Crippen LogP contribution in [0.5, 0.6) is 0 Å². The average Bonchev–Trinajstić information content (AvgIpc) is 3.46. The fourth-order valence-electron chi connectivity index (χ4n) is 4.21. The molecule has 29 heavy (non-hydrogen) atoms. The lowest BCUT2D eigenvalue weighted by atomic mass is 9.87. The van der Waals surface area contributed by atoms with E-state index in [4.69, 9.17) is 0 Å². The number of carbonyl (C=O) groups excluding carboxylic acids is 2. The van der Waals surface area contributed by atoms with Crippen LogP contribution in [-0.4, -0.2) is 22.8 Å². The van der Waals surface area contributed by atoms with E-state index in [0.717, 1.165) is 36.6 Å². The van der Waals surface area contributed by atoms with Crippen LogP contribution in [0.3, 0.4) is 0 Å². The van der Waals surface area contributed by atoms with E-state index in [9.17, 15) is 9.59 Å². The molecule has 2 aromatic carbocycles. The van der Waals surface area contributed by atoms with E-state index in [1.165, 1.54) is 17.7 Å². The lowest BCUT2D eigenvalue weighted by Gasteiger charge is -2.18. The first-order valence-electron chi connectivity index (χ1n) is 10.4. The highest BCUT2D eigenvalue weighted by Crippen LogP contribution is 2.32. The first-order chi connectivity index (χ1) is 14.1. The molecule has 5 nitrogen and oxygen atoms in total. The number of benzene rings is 2. The Kier molecular flexibility index (Phi) is 4.38. The zero-order valence-corrected chi connectivity index (χ0v) is 16.5. The number of para-hydroxylation sites is 1. The van der Waals surface area contributed by atoms with Crippen LogP contribution in [0.15, 0.2) is 42.5 Å². The van der Waals surface area contributed by atoms with Crippen molar-refractivity contribution in [3.05, 3.63) is 64.8 Å². The molecule has 1 aromatic heterocycles. The van der Waals surface area contributed by atoms with E-state index in [1.807, 2.05) is 30.3 Å². The van der Waals surface area contributed by atoms with Crippen molar-refractivity contribution < 1.29 is 9.59 Å². The molecule has 1 saturated carbocycles. The van der Waals surface area contributed by atoms with E-state index in [-0.39, 0.29) is 17.9 Å². The number of carbonyl (C=O) groups is 2. The molecule has 3 N–H and O–H groups in total. The lowest BCUT2D eigenvalue weighted by Crippen LogP contribution is -2.27. The molecule has 0 radical (unpaired) electrons. The van der Waals surface area contributed by atoms with E-state index in [1.54, 1.807) is 12.1 Å². The number of rotatable bonds is 4. The predicted molar refractivity (Wildman–Crippen MR) is 114 cm³/mol. The molecule has 0 bridgehead atoms. The van der Waals surface area contributed by atoms with Gasteiger partial charge in [0.25, 0.3) is 11.8 Å². The number of aryl methyl sites for hydroxylation is 1. The molecular formula is C24H25N3O2. The van der Waals surface area contributed by atoms with Crippen LogP contribution in [0, 0.1) is 5.92 Å². The quantitative estimate of drug-likeness (QED) is 0.619.